The first kappa shape index (κ1) is 15.7. The van der Waals surface area contributed by atoms with E-state index in [1.54, 1.807) is 17.5 Å². The molecule has 0 radical (unpaired) electrons. The van der Waals surface area contributed by atoms with Crippen molar-refractivity contribution in [2.75, 3.05) is 43.6 Å². The summed E-state index contributed by atoms with van der Waals surface area (Å²) in [6.45, 7) is 3.92. The van der Waals surface area contributed by atoms with Crippen LogP contribution in [0.1, 0.15) is 5.56 Å². The van der Waals surface area contributed by atoms with Crippen molar-refractivity contribution in [2.45, 2.75) is 6.54 Å². The van der Waals surface area contributed by atoms with Crippen molar-refractivity contribution in [3.8, 4) is 0 Å². The van der Waals surface area contributed by atoms with Gasteiger partial charge < -0.3 is 14.5 Å². The number of hydrogen-bond donors (Lipinski definition) is 1. The van der Waals surface area contributed by atoms with E-state index < -0.39 is 0 Å². The summed E-state index contributed by atoms with van der Waals surface area (Å²) in [4.78, 5) is 16.0. The predicted octanol–water partition coefficient (Wildman–Crippen LogP) is 2.04. The van der Waals surface area contributed by atoms with Crippen molar-refractivity contribution < 1.29 is 9.53 Å². The molecule has 0 bridgehead atoms. The highest BCUT2D eigenvalue weighted by molar-refractivity contribution is 7.13. The van der Waals surface area contributed by atoms with E-state index in [0.717, 1.165) is 31.9 Å². The predicted molar refractivity (Wildman–Crippen MR) is 89.9 cm³/mol. The fraction of sp³-hybridized carbons (Fsp3) is 0.400. The van der Waals surface area contributed by atoms with Gasteiger partial charge in [0.1, 0.15) is 5.51 Å². The number of morpholine rings is 1. The molecular formula is C15H19N5O2S. The van der Waals surface area contributed by atoms with Crippen LogP contribution in [0.25, 0.3) is 0 Å². The van der Waals surface area contributed by atoms with E-state index >= 15 is 0 Å². The summed E-state index contributed by atoms with van der Waals surface area (Å²) < 4.78 is 5.37. The molecule has 0 saturated carbocycles. The molecule has 3 rings (SSSR count). The largest absolute Gasteiger partial charge is 0.378 e. The summed E-state index contributed by atoms with van der Waals surface area (Å²) in [7, 11) is 1.76. The van der Waals surface area contributed by atoms with Crippen LogP contribution in [0.2, 0.25) is 0 Å². The first-order valence-electron chi connectivity index (χ1n) is 7.42. The smallest absolute Gasteiger partial charge is 0.323 e. The van der Waals surface area contributed by atoms with Crippen molar-refractivity contribution in [1.82, 2.24) is 15.1 Å². The number of benzene rings is 1. The summed E-state index contributed by atoms with van der Waals surface area (Å²) in [5.41, 5.74) is 3.86. The number of nitrogens with one attached hydrogen (secondary N) is 1. The second-order valence-electron chi connectivity index (χ2n) is 5.30. The van der Waals surface area contributed by atoms with Gasteiger partial charge >= 0.3 is 6.03 Å². The first-order chi connectivity index (χ1) is 11.2. The quantitative estimate of drug-likeness (QED) is 0.927. The van der Waals surface area contributed by atoms with Crippen LogP contribution < -0.4 is 10.2 Å². The van der Waals surface area contributed by atoms with Crippen LogP contribution in [-0.4, -0.2) is 54.5 Å². The van der Waals surface area contributed by atoms with Gasteiger partial charge in [0.15, 0.2) is 0 Å². The fourth-order valence-corrected chi connectivity index (χ4v) is 2.83. The van der Waals surface area contributed by atoms with Crippen LogP contribution in [0, 0.1) is 0 Å². The second-order valence-corrected chi connectivity index (χ2v) is 6.13. The van der Waals surface area contributed by atoms with Crippen molar-refractivity contribution >= 4 is 28.2 Å². The first-order valence-corrected chi connectivity index (χ1v) is 8.30. The zero-order chi connectivity index (χ0) is 16.1. The Kier molecular flexibility index (Phi) is 5.04. The molecule has 2 aromatic rings. The molecule has 2 amide bonds. The van der Waals surface area contributed by atoms with Gasteiger partial charge in [-0.2, -0.15) is 0 Å². The number of anilines is 2. The molecule has 122 valence electrons. The number of carbonyl (C=O) groups excluding carboxylic acids is 1. The Labute approximate surface area is 138 Å². The van der Waals surface area contributed by atoms with Crippen LogP contribution in [0.3, 0.4) is 0 Å². The molecule has 1 aliphatic heterocycles. The molecule has 0 aliphatic carbocycles. The maximum absolute atomic E-state index is 12.1. The summed E-state index contributed by atoms with van der Waals surface area (Å²) >= 11 is 1.30. The van der Waals surface area contributed by atoms with Gasteiger partial charge in [-0.15, -0.1) is 10.2 Å². The SMILES string of the molecule is CN(Cc1ccc(N2CCOCC2)cc1)C(=O)Nc1nncs1. The summed E-state index contributed by atoms with van der Waals surface area (Å²) in [6, 6.07) is 8.10. The third-order valence-electron chi connectivity index (χ3n) is 3.65. The van der Waals surface area contributed by atoms with Crippen molar-refractivity contribution in [3.05, 3.63) is 35.3 Å². The van der Waals surface area contributed by atoms with Crippen LogP contribution in [0.4, 0.5) is 15.6 Å². The van der Waals surface area contributed by atoms with Gasteiger partial charge in [-0.25, -0.2) is 4.79 Å². The number of ether oxygens (including phenoxy) is 1. The standard InChI is InChI=1S/C15H19N5O2S/c1-19(15(21)17-14-18-16-11-23-14)10-12-2-4-13(5-3-12)20-6-8-22-9-7-20/h2-5,11H,6-10H2,1H3,(H,17,18,21). The van der Waals surface area contributed by atoms with Gasteiger partial charge in [-0.1, -0.05) is 23.5 Å². The number of rotatable bonds is 4. The van der Waals surface area contributed by atoms with Gasteiger partial charge in [0.25, 0.3) is 0 Å². The minimum absolute atomic E-state index is 0.195. The number of hydrogen-bond acceptors (Lipinski definition) is 6. The van der Waals surface area contributed by atoms with E-state index in [9.17, 15) is 4.79 Å². The lowest BCUT2D eigenvalue weighted by molar-refractivity contribution is 0.122. The summed E-state index contributed by atoms with van der Waals surface area (Å²) in [5.74, 6) is 0. The topological polar surface area (TPSA) is 70.6 Å². The number of nitrogens with zero attached hydrogens (tertiary/aromatic N) is 4. The molecule has 1 aromatic heterocycles. The average Bonchev–Trinajstić information content (AvgIpc) is 3.09. The van der Waals surface area contributed by atoms with Gasteiger partial charge in [-0.3, -0.25) is 5.32 Å². The fourth-order valence-electron chi connectivity index (χ4n) is 2.39. The monoisotopic (exact) mass is 333 g/mol. The number of aromatic nitrogens is 2. The van der Waals surface area contributed by atoms with Crippen LogP contribution in [0.15, 0.2) is 29.8 Å². The lowest BCUT2D eigenvalue weighted by Gasteiger charge is -2.29. The van der Waals surface area contributed by atoms with Crippen molar-refractivity contribution in [2.24, 2.45) is 0 Å². The molecular weight excluding hydrogens is 314 g/mol. The summed E-state index contributed by atoms with van der Waals surface area (Å²) in [5, 5.41) is 10.7. The van der Waals surface area contributed by atoms with Gasteiger partial charge in [0, 0.05) is 32.4 Å². The third kappa shape index (κ3) is 4.17. The van der Waals surface area contributed by atoms with Gasteiger partial charge in [-0.05, 0) is 17.7 Å². The van der Waals surface area contributed by atoms with Gasteiger partial charge in [0.05, 0.1) is 13.2 Å². The average molecular weight is 333 g/mol. The molecule has 8 heteroatoms. The maximum Gasteiger partial charge on any atom is 0.323 e. The molecule has 0 atom stereocenters. The van der Waals surface area contributed by atoms with E-state index in [1.165, 1.54) is 17.0 Å². The zero-order valence-electron chi connectivity index (χ0n) is 12.9. The van der Waals surface area contributed by atoms with E-state index in [0.29, 0.717) is 11.7 Å². The molecule has 1 saturated heterocycles. The molecule has 1 N–H and O–H groups in total. The molecule has 7 nitrogen and oxygen atoms in total. The highest BCUT2D eigenvalue weighted by atomic mass is 32.1. The van der Waals surface area contributed by atoms with E-state index in [-0.39, 0.29) is 6.03 Å². The van der Waals surface area contributed by atoms with Crippen LogP contribution in [0.5, 0.6) is 0 Å². The lowest BCUT2D eigenvalue weighted by Crippen LogP contribution is -2.36. The molecule has 1 aliphatic rings. The van der Waals surface area contributed by atoms with Gasteiger partial charge in [0.2, 0.25) is 5.13 Å². The van der Waals surface area contributed by atoms with Crippen LogP contribution >= 0.6 is 11.3 Å². The highest BCUT2D eigenvalue weighted by Crippen LogP contribution is 2.17. The highest BCUT2D eigenvalue weighted by Gasteiger charge is 2.13. The minimum Gasteiger partial charge on any atom is -0.378 e. The van der Waals surface area contributed by atoms with E-state index in [2.05, 4.69) is 44.7 Å². The Morgan fingerprint density at radius 2 is 2.09 bits per heavy atom. The molecule has 2 heterocycles. The lowest BCUT2D eigenvalue weighted by atomic mass is 10.2. The van der Waals surface area contributed by atoms with Crippen molar-refractivity contribution in [1.29, 1.82) is 0 Å². The molecule has 23 heavy (non-hydrogen) atoms. The molecule has 1 aromatic carbocycles. The Morgan fingerprint density at radius 3 is 2.74 bits per heavy atom. The maximum atomic E-state index is 12.1. The van der Waals surface area contributed by atoms with Crippen molar-refractivity contribution in [3.63, 3.8) is 0 Å². The normalized spacial score (nSPS) is 14.6. The number of urea groups is 1. The third-order valence-corrected chi connectivity index (χ3v) is 4.26. The summed E-state index contributed by atoms with van der Waals surface area (Å²) in [6.07, 6.45) is 0. The number of amides is 2. The second kappa shape index (κ2) is 7.38. The Morgan fingerprint density at radius 1 is 1.35 bits per heavy atom. The van der Waals surface area contributed by atoms with E-state index in [1.807, 2.05) is 0 Å². The van der Waals surface area contributed by atoms with Crippen LogP contribution in [-0.2, 0) is 11.3 Å². The Balaban J connectivity index is 1.55. The Hall–Kier alpha value is -2.19. The number of carbonyl (C=O) groups is 1. The molecule has 0 spiro atoms. The molecule has 1 fully saturated rings. The minimum atomic E-state index is -0.195. The Bertz CT molecular complexity index is 626. The zero-order valence-corrected chi connectivity index (χ0v) is 13.8. The molecule has 0 unspecified atom stereocenters. The van der Waals surface area contributed by atoms with E-state index in [4.69, 9.17) is 4.74 Å².